The highest BCUT2D eigenvalue weighted by atomic mass is 35.5. The summed E-state index contributed by atoms with van der Waals surface area (Å²) in [6.45, 7) is 5.97. The largest absolute Gasteiger partial charge is 0.339 e. The van der Waals surface area contributed by atoms with Crippen molar-refractivity contribution in [1.82, 2.24) is 10.2 Å². The number of halogens is 1. The molecule has 0 aromatic heterocycles. The third-order valence-electron chi connectivity index (χ3n) is 5.19. The maximum Gasteiger partial charge on any atom is 0.253 e. The number of amides is 1. The number of rotatable bonds is 1. The molecule has 0 saturated carbocycles. The van der Waals surface area contributed by atoms with Crippen LogP contribution in [0.1, 0.15) is 41.6 Å². The average molecular weight is 307 g/mol. The summed E-state index contributed by atoms with van der Waals surface area (Å²) in [5.74, 6) is 0.126. The Labute approximate surface area is 131 Å². The number of benzene rings is 1. The predicted octanol–water partition coefficient (Wildman–Crippen LogP) is 3.25. The highest BCUT2D eigenvalue weighted by Crippen LogP contribution is 2.39. The van der Waals surface area contributed by atoms with E-state index >= 15 is 0 Å². The predicted molar refractivity (Wildman–Crippen MR) is 85.9 cm³/mol. The van der Waals surface area contributed by atoms with Crippen molar-refractivity contribution in [3.05, 3.63) is 34.3 Å². The number of likely N-dealkylation sites (tertiary alicyclic amines) is 1. The Kier molecular flexibility index (Phi) is 4.23. The number of piperidine rings is 2. The Morgan fingerprint density at radius 2 is 1.86 bits per heavy atom. The van der Waals surface area contributed by atoms with Crippen LogP contribution >= 0.6 is 11.6 Å². The Balaban J connectivity index is 1.65. The van der Waals surface area contributed by atoms with Crippen molar-refractivity contribution in [1.29, 1.82) is 0 Å². The Morgan fingerprint density at radius 3 is 2.48 bits per heavy atom. The molecule has 2 fully saturated rings. The molecule has 3 rings (SSSR count). The van der Waals surface area contributed by atoms with E-state index in [1.165, 1.54) is 12.8 Å². The lowest BCUT2D eigenvalue weighted by Crippen LogP contribution is -2.47. The van der Waals surface area contributed by atoms with Gasteiger partial charge in [-0.25, -0.2) is 0 Å². The minimum absolute atomic E-state index is 0.126. The van der Waals surface area contributed by atoms with E-state index < -0.39 is 0 Å². The van der Waals surface area contributed by atoms with Crippen LogP contribution in [0, 0.1) is 12.3 Å². The number of hydrogen-bond acceptors (Lipinski definition) is 2. The number of carbonyl (C=O) groups is 1. The van der Waals surface area contributed by atoms with Crippen molar-refractivity contribution in [2.24, 2.45) is 5.41 Å². The van der Waals surface area contributed by atoms with Crippen LogP contribution in [0.5, 0.6) is 0 Å². The van der Waals surface area contributed by atoms with Crippen LogP contribution in [0.2, 0.25) is 5.02 Å². The van der Waals surface area contributed by atoms with Gasteiger partial charge in [0.05, 0.1) is 0 Å². The van der Waals surface area contributed by atoms with Crippen molar-refractivity contribution in [2.45, 2.75) is 32.6 Å². The number of nitrogens with zero attached hydrogens (tertiary/aromatic N) is 1. The third-order valence-corrected chi connectivity index (χ3v) is 5.60. The summed E-state index contributed by atoms with van der Waals surface area (Å²) in [4.78, 5) is 14.6. The summed E-state index contributed by atoms with van der Waals surface area (Å²) in [6.07, 6.45) is 4.79. The van der Waals surface area contributed by atoms with Crippen LogP contribution in [0.4, 0.5) is 0 Å². The van der Waals surface area contributed by atoms with E-state index in [0.717, 1.165) is 44.6 Å². The second-order valence-corrected chi connectivity index (χ2v) is 6.91. The SMILES string of the molecule is Cc1ccc(C(=O)N2CCC3(CCNCC3)CC2)cc1Cl. The monoisotopic (exact) mass is 306 g/mol. The van der Waals surface area contributed by atoms with Crippen molar-refractivity contribution < 1.29 is 4.79 Å². The first-order chi connectivity index (χ1) is 10.1. The van der Waals surface area contributed by atoms with E-state index in [0.29, 0.717) is 16.0 Å². The maximum absolute atomic E-state index is 12.6. The van der Waals surface area contributed by atoms with E-state index in [4.69, 9.17) is 11.6 Å². The van der Waals surface area contributed by atoms with Gasteiger partial charge in [-0.05, 0) is 68.8 Å². The summed E-state index contributed by atoms with van der Waals surface area (Å²) < 4.78 is 0. The molecule has 1 amide bonds. The van der Waals surface area contributed by atoms with Gasteiger partial charge >= 0.3 is 0 Å². The summed E-state index contributed by atoms with van der Waals surface area (Å²) >= 11 is 6.14. The normalized spacial score (nSPS) is 21.5. The first-order valence-corrected chi connectivity index (χ1v) is 8.24. The van der Waals surface area contributed by atoms with Crippen molar-refractivity contribution >= 4 is 17.5 Å². The molecule has 0 bridgehead atoms. The molecule has 4 heteroatoms. The van der Waals surface area contributed by atoms with Crippen LogP contribution in [-0.2, 0) is 0 Å². The van der Waals surface area contributed by atoms with Crippen LogP contribution < -0.4 is 5.32 Å². The van der Waals surface area contributed by atoms with Gasteiger partial charge in [0.1, 0.15) is 0 Å². The summed E-state index contributed by atoms with van der Waals surface area (Å²) in [6, 6.07) is 5.61. The van der Waals surface area contributed by atoms with Crippen molar-refractivity contribution in [2.75, 3.05) is 26.2 Å². The van der Waals surface area contributed by atoms with E-state index in [2.05, 4.69) is 5.32 Å². The lowest BCUT2D eigenvalue weighted by atomic mass is 9.71. The van der Waals surface area contributed by atoms with Gasteiger partial charge in [-0.1, -0.05) is 17.7 Å². The third kappa shape index (κ3) is 3.09. The van der Waals surface area contributed by atoms with Crippen LogP contribution in [0.15, 0.2) is 18.2 Å². The Morgan fingerprint density at radius 1 is 1.19 bits per heavy atom. The van der Waals surface area contributed by atoms with Gasteiger partial charge in [0.25, 0.3) is 5.91 Å². The minimum atomic E-state index is 0.126. The number of aryl methyl sites for hydroxylation is 1. The molecule has 0 atom stereocenters. The van der Waals surface area contributed by atoms with Gasteiger partial charge in [0.15, 0.2) is 0 Å². The highest BCUT2D eigenvalue weighted by molar-refractivity contribution is 6.31. The lowest BCUT2D eigenvalue weighted by molar-refractivity contribution is 0.0495. The number of carbonyl (C=O) groups excluding carboxylic acids is 1. The minimum Gasteiger partial charge on any atom is -0.339 e. The van der Waals surface area contributed by atoms with Gasteiger partial charge < -0.3 is 10.2 Å². The molecule has 2 aliphatic heterocycles. The molecule has 2 heterocycles. The zero-order valence-corrected chi connectivity index (χ0v) is 13.4. The molecule has 1 spiro atoms. The molecule has 0 aliphatic carbocycles. The topological polar surface area (TPSA) is 32.3 Å². The summed E-state index contributed by atoms with van der Waals surface area (Å²) in [5, 5.41) is 4.11. The fraction of sp³-hybridized carbons (Fsp3) is 0.588. The molecule has 21 heavy (non-hydrogen) atoms. The molecule has 0 radical (unpaired) electrons. The van der Waals surface area contributed by atoms with Gasteiger partial charge in [-0.2, -0.15) is 0 Å². The Hall–Kier alpha value is -1.06. The number of nitrogens with one attached hydrogen (secondary N) is 1. The van der Waals surface area contributed by atoms with Crippen LogP contribution in [0.25, 0.3) is 0 Å². The molecule has 0 unspecified atom stereocenters. The zero-order chi connectivity index (χ0) is 14.9. The molecule has 1 aromatic carbocycles. The molecule has 1 N–H and O–H groups in total. The van der Waals surface area contributed by atoms with Crippen molar-refractivity contribution in [3.8, 4) is 0 Å². The summed E-state index contributed by atoms with van der Waals surface area (Å²) in [5.41, 5.74) is 2.21. The van der Waals surface area contributed by atoms with Gasteiger partial charge in [0.2, 0.25) is 0 Å². The van der Waals surface area contributed by atoms with E-state index in [9.17, 15) is 4.79 Å². The lowest BCUT2D eigenvalue weighted by Gasteiger charge is -2.44. The highest BCUT2D eigenvalue weighted by Gasteiger charge is 2.36. The second-order valence-electron chi connectivity index (χ2n) is 6.51. The average Bonchev–Trinajstić information content (AvgIpc) is 2.51. The fourth-order valence-electron chi connectivity index (χ4n) is 3.55. The fourth-order valence-corrected chi connectivity index (χ4v) is 3.73. The first kappa shape index (κ1) is 14.9. The molecular formula is C17H23ClN2O. The van der Waals surface area contributed by atoms with Gasteiger partial charge in [0, 0.05) is 23.7 Å². The molecule has 114 valence electrons. The Bertz CT molecular complexity index is 528. The summed E-state index contributed by atoms with van der Waals surface area (Å²) in [7, 11) is 0. The van der Waals surface area contributed by atoms with E-state index in [1.807, 2.05) is 24.0 Å². The van der Waals surface area contributed by atoms with Crippen molar-refractivity contribution in [3.63, 3.8) is 0 Å². The smallest absolute Gasteiger partial charge is 0.253 e. The quantitative estimate of drug-likeness (QED) is 0.864. The molecular weight excluding hydrogens is 284 g/mol. The number of hydrogen-bond donors (Lipinski definition) is 1. The molecule has 2 aliphatic rings. The zero-order valence-electron chi connectivity index (χ0n) is 12.6. The first-order valence-electron chi connectivity index (χ1n) is 7.86. The second kappa shape index (κ2) is 5.98. The van der Waals surface area contributed by atoms with E-state index in [-0.39, 0.29) is 5.91 Å². The van der Waals surface area contributed by atoms with Gasteiger partial charge in [-0.15, -0.1) is 0 Å². The molecule has 2 saturated heterocycles. The van der Waals surface area contributed by atoms with Gasteiger partial charge in [-0.3, -0.25) is 4.79 Å². The molecule has 3 nitrogen and oxygen atoms in total. The molecule has 1 aromatic rings. The van der Waals surface area contributed by atoms with E-state index in [1.54, 1.807) is 6.07 Å². The van der Waals surface area contributed by atoms with Crippen LogP contribution in [-0.4, -0.2) is 37.0 Å². The standard InChI is InChI=1S/C17H23ClN2O/c1-13-2-3-14(12-15(13)18)16(21)20-10-6-17(7-11-20)4-8-19-9-5-17/h2-3,12,19H,4-11H2,1H3. The van der Waals surface area contributed by atoms with Crippen LogP contribution in [0.3, 0.4) is 0 Å². The maximum atomic E-state index is 12.6.